The molecule has 1 saturated heterocycles. The van der Waals surface area contributed by atoms with Crippen molar-refractivity contribution in [1.29, 1.82) is 0 Å². The SMILES string of the molecule is NCCCCCCC(=O)N1CCCN(CCO)CC1. The highest BCUT2D eigenvalue weighted by atomic mass is 16.3. The molecule has 0 atom stereocenters. The molecule has 0 saturated carbocycles. The maximum atomic E-state index is 12.1. The van der Waals surface area contributed by atoms with Crippen LogP contribution in [0.1, 0.15) is 38.5 Å². The first-order chi connectivity index (χ1) is 9.27. The Kier molecular flexibility index (Phi) is 8.79. The van der Waals surface area contributed by atoms with Crippen LogP contribution in [0, 0.1) is 0 Å². The molecule has 0 unspecified atom stereocenters. The molecule has 1 aliphatic heterocycles. The lowest BCUT2D eigenvalue weighted by molar-refractivity contribution is -0.131. The van der Waals surface area contributed by atoms with Crippen LogP contribution in [-0.4, -0.2) is 66.7 Å². The molecule has 0 spiro atoms. The number of carbonyl (C=O) groups is 1. The van der Waals surface area contributed by atoms with Crippen LogP contribution in [0.2, 0.25) is 0 Å². The summed E-state index contributed by atoms with van der Waals surface area (Å²) in [5, 5.41) is 8.94. The topological polar surface area (TPSA) is 69.8 Å². The molecule has 0 aromatic heterocycles. The Morgan fingerprint density at radius 3 is 2.58 bits per heavy atom. The smallest absolute Gasteiger partial charge is 0.222 e. The average molecular weight is 271 g/mol. The first kappa shape index (κ1) is 16.4. The van der Waals surface area contributed by atoms with E-state index in [0.29, 0.717) is 12.3 Å². The van der Waals surface area contributed by atoms with Gasteiger partial charge in [-0.05, 0) is 32.4 Å². The summed E-state index contributed by atoms with van der Waals surface area (Å²) in [6.07, 6.45) is 5.97. The van der Waals surface area contributed by atoms with Crippen LogP contribution >= 0.6 is 0 Å². The molecule has 1 rings (SSSR count). The second-order valence-corrected chi connectivity index (χ2v) is 5.25. The molecule has 1 heterocycles. The van der Waals surface area contributed by atoms with Crippen molar-refractivity contribution >= 4 is 5.91 Å². The third-order valence-electron chi connectivity index (χ3n) is 3.70. The molecule has 1 fully saturated rings. The van der Waals surface area contributed by atoms with Crippen molar-refractivity contribution < 1.29 is 9.90 Å². The molecule has 112 valence electrons. The maximum absolute atomic E-state index is 12.1. The van der Waals surface area contributed by atoms with E-state index in [1.54, 1.807) is 0 Å². The van der Waals surface area contributed by atoms with Crippen molar-refractivity contribution in [2.24, 2.45) is 5.73 Å². The van der Waals surface area contributed by atoms with Crippen LogP contribution in [0.4, 0.5) is 0 Å². The van der Waals surface area contributed by atoms with E-state index in [1.807, 2.05) is 4.90 Å². The minimum atomic E-state index is 0.203. The number of aliphatic hydroxyl groups excluding tert-OH is 1. The summed E-state index contributed by atoms with van der Waals surface area (Å²) in [5.74, 6) is 0.290. The predicted molar refractivity (Wildman–Crippen MR) is 76.9 cm³/mol. The second-order valence-electron chi connectivity index (χ2n) is 5.25. The predicted octanol–water partition coefficient (Wildman–Crippen LogP) is 0.422. The Morgan fingerprint density at radius 2 is 1.84 bits per heavy atom. The van der Waals surface area contributed by atoms with Gasteiger partial charge < -0.3 is 15.7 Å². The zero-order valence-corrected chi connectivity index (χ0v) is 12.0. The van der Waals surface area contributed by atoms with Gasteiger partial charge in [0.25, 0.3) is 0 Å². The fourth-order valence-electron chi connectivity index (χ4n) is 2.52. The van der Waals surface area contributed by atoms with Crippen LogP contribution in [0.5, 0.6) is 0 Å². The number of amides is 1. The highest BCUT2D eigenvalue weighted by Crippen LogP contribution is 2.08. The van der Waals surface area contributed by atoms with Gasteiger partial charge in [-0.2, -0.15) is 0 Å². The van der Waals surface area contributed by atoms with E-state index in [1.165, 1.54) is 0 Å². The Hall–Kier alpha value is -0.650. The van der Waals surface area contributed by atoms with Gasteiger partial charge in [0, 0.05) is 32.6 Å². The fourth-order valence-corrected chi connectivity index (χ4v) is 2.52. The highest BCUT2D eigenvalue weighted by Gasteiger charge is 2.18. The van der Waals surface area contributed by atoms with E-state index in [-0.39, 0.29) is 6.61 Å². The van der Waals surface area contributed by atoms with Gasteiger partial charge in [-0.25, -0.2) is 0 Å². The van der Waals surface area contributed by atoms with E-state index in [9.17, 15) is 4.79 Å². The van der Waals surface area contributed by atoms with Crippen molar-refractivity contribution in [2.45, 2.75) is 38.5 Å². The standard InChI is InChI=1S/C14H29N3O2/c15-7-4-2-1-3-6-14(19)17-9-5-8-16(10-11-17)12-13-18/h18H,1-13,15H2. The molecule has 5 nitrogen and oxygen atoms in total. The maximum Gasteiger partial charge on any atom is 0.222 e. The molecule has 0 radical (unpaired) electrons. The van der Waals surface area contributed by atoms with E-state index >= 15 is 0 Å². The molecule has 3 N–H and O–H groups in total. The molecular weight excluding hydrogens is 242 g/mol. The van der Waals surface area contributed by atoms with Gasteiger partial charge in [-0.15, -0.1) is 0 Å². The summed E-state index contributed by atoms with van der Waals surface area (Å²) in [7, 11) is 0. The highest BCUT2D eigenvalue weighted by molar-refractivity contribution is 5.76. The monoisotopic (exact) mass is 271 g/mol. The van der Waals surface area contributed by atoms with Crippen LogP contribution in [0.15, 0.2) is 0 Å². The van der Waals surface area contributed by atoms with Gasteiger partial charge in [-0.1, -0.05) is 12.8 Å². The summed E-state index contributed by atoms with van der Waals surface area (Å²) in [6, 6.07) is 0. The van der Waals surface area contributed by atoms with Gasteiger partial charge in [-0.3, -0.25) is 9.69 Å². The number of aliphatic hydroxyl groups is 1. The first-order valence-corrected chi connectivity index (χ1v) is 7.59. The van der Waals surface area contributed by atoms with Gasteiger partial charge in [0.2, 0.25) is 5.91 Å². The number of nitrogens with zero attached hydrogens (tertiary/aromatic N) is 2. The Labute approximate surface area is 116 Å². The molecule has 19 heavy (non-hydrogen) atoms. The lowest BCUT2D eigenvalue weighted by Crippen LogP contribution is -2.35. The summed E-state index contributed by atoms with van der Waals surface area (Å²) < 4.78 is 0. The van der Waals surface area contributed by atoms with Crippen molar-refractivity contribution in [1.82, 2.24) is 9.80 Å². The minimum Gasteiger partial charge on any atom is -0.395 e. The van der Waals surface area contributed by atoms with E-state index < -0.39 is 0 Å². The van der Waals surface area contributed by atoms with Gasteiger partial charge >= 0.3 is 0 Å². The number of hydrogen-bond donors (Lipinski definition) is 2. The van der Waals surface area contributed by atoms with Gasteiger partial charge in [0.15, 0.2) is 0 Å². The minimum absolute atomic E-state index is 0.203. The Bertz CT molecular complexity index is 249. The van der Waals surface area contributed by atoms with Crippen molar-refractivity contribution in [3.63, 3.8) is 0 Å². The lowest BCUT2D eigenvalue weighted by atomic mass is 10.1. The fraction of sp³-hybridized carbons (Fsp3) is 0.929. The molecule has 0 aromatic carbocycles. The molecule has 1 aliphatic rings. The van der Waals surface area contributed by atoms with Gasteiger partial charge in [0.1, 0.15) is 0 Å². The third-order valence-corrected chi connectivity index (χ3v) is 3.70. The summed E-state index contributed by atoms with van der Waals surface area (Å²) in [4.78, 5) is 16.3. The van der Waals surface area contributed by atoms with Crippen LogP contribution in [-0.2, 0) is 4.79 Å². The molecule has 0 aromatic rings. The largest absolute Gasteiger partial charge is 0.395 e. The molecule has 0 aliphatic carbocycles. The summed E-state index contributed by atoms with van der Waals surface area (Å²) in [5.41, 5.74) is 5.44. The zero-order chi connectivity index (χ0) is 13.9. The molecule has 1 amide bonds. The summed E-state index contributed by atoms with van der Waals surface area (Å²) in [6.45, 7) is 5.22. The first-order valence-electron chi connectivity index (χ1n) is 7.59. The molecule has 0 bridgehead atoms. The Balaban J connectivity index is 2.17. The van der Waals surface area contributed by atoms with E-state index in [0.717, 1.165) is 71.4 Å². The van der Waals surface area contributed by atoms with Gasteiger partial charge in [0.05, 0.1) is 6.61 Å². The number of unbranched alkanes of at least 4 members (excludes halogenated alkanes) is 3. The average Bonchev–Trinajstić information content (AvgIpc) is 2.64. The van der Waals surface area contributed by atoms with Crippen molar-refractivity contribution in [2.75, 3.05) is 45.9 Å². The lowest BCUT2D eigenvalue weighted by Gasteiger charge is -2.21. The quantitative estimate of drug-likeness (QED) is 0.628. The molecule has 5 heteroatoms. The Morgan fingerprint density at radius 1 is 1.05 bits per heavy atom. The second kappa shape index (κ2) is 10.2. The van der Waals surface area contributed by atoms with Crippen molar-refractivity contribution in [3.8, 4) is 0 Å². The number of β-amino-alcohol motifs (C(OH)–C–C–N with tert-alkyl or cyclic N) is 1. The summed E-state index contributed by atoms with van der Waals surface area (Å²) >= 11 is 0. The number of carbonyl (C=O) groups excluding carboxylic acids is 1. The normalized spacial score (nSPS) is 17.5. The van der Waals surface area contributed by atoms with Crippen LogP contribution in [0.25, 0.3) is 0 Å². The van der Waals surface area contributed by atoms with E-state index in [4.69, 9.17) is 10.8 Å². The van der Waals surface area contributed by atoms with Crippen LogP contribution < -0.4 is 5.73 Å². The number of rotatable bonds is 8. The van der Waals surface area contributed by atoms with Crippen molar-refractivity contribution in [3.05, 3.63) is 0 Å². The molecular formula is C14H29N3O2. The third kappa shape index (κ3) is 6.89. The number of nitrogens with two attached hydrogens (primary N) is 1. The zero-order valence-electron chi connectivity index (χ0n) is 12.0. The van der Waals surface area contributed by atoms with Crippen LogP contribution in [0.3, 0.4) is 0 Å². The van der Waals surface area contributed by atoms with E-state index in [2.05, 4.69) is 4.90 Å². The number of hydrogen-bond acceptors (Lipinski definition) is 4.